The second-order valence-electron chi connectivity index (χ2n) is 9.62. The number of hydrogen-bond donors (Lipinski definition) is 2. The molecule has 2 atom stereocenters. The van der Waals surface area contributed by atoms with Crippen molar-refractivity contribution in [3.8, 4) is 5.75 Å². The Morgan fingerprint density at radius 2 is 1.89 bits per heavy atom. The van der Waals surface area contributed by atoms with Crippen LogP contribution in [0.5, 0.6) is 5.75 Å². The van der Waals surface area contributed by atoms with Gasteiger partial charge in [0.1, 0.15) is 30.8 Å². The zero-order valence-corrected chi connectivity index (χ0v) is 19.8. The zero-order valence-electron chi connectivity index (χ0n) is 19.8. The summed E-state index contributed by atoms with van der Waals surface area (Å²) in [6.45, 7) is -1.84. The smallest absolute Gasteiger partial charge is 0.406 e. The van der Waals surface area contributed by atoms with Gasteiger partial charge >= 0.3 is 6.18 Å². The molecular weight excluding hydrogens is 501 g/mol. The molecule has 0 fully saturated rings. The average Bonchev–Trinajstić information content (AvgIpc) is 3.37. The van der Waals surface area contributed by atoms with Gasteiger partial charge in [-0.15, -0.1) is 0 Å². The van der Waals surface area contributed by atoms with E-state index in [9.17, 15) is 27.6 Å². The third kappa shape index (κ3) is 3.94. The SMILES string of the molecule is O=C(N[C@@H]1COc2ccccc2N(CC(F)(F)F)C1=O)c1ccc2c(c1)CC1(C2)C(=O)Nc2ncccc21. The van der Waals surface area contributed by atoms with E-state index in [0.717, 1.165) is 16.7 Å². The second-order valence-corrected chi connectivity index (χ2v) is 9.62. The summed E-state index contributed by atoms with van der Waals surface area (Å²) >= 11 is 0. The number of carbonyl (C=O) groups excluding carboxylic acids is 3. The van der Waals surface area contributed by atoms with E-state index in [-0.39, 0.29) is 29.5 Å². The summed E-state index contributed by atoms with van der Waals surface area (Å²) in [7, 11) is 0. The van der Waals surface area contributed by atoms with Crippen LogP contribution in [0.25, 0.3) is 0 Å². The minimum Gasteiger partial charge on any atom is -0.489 e. The van der Waals surface area contributed by atoms with E-state index in [1.54, 1.807) is 36.5 Å². The first-order valence-electron chi connectivity index (χ1n) is 11.9. The van der Waals surface area contributed by atoms with Gasteiger partial charge in [-0.25, -0.2) is 4.98 Å². The topological polar surface area (TPSA) is 101 Å². The molecule has 194 valence electrons. The van der Waals surface area contributed by atoms with E-state index < -0.39 is 36.0 Å². The lowest BCUT2D eigenvalue weighted by Gasteiger charge is -2.25. The predicted molar refractivity (Wildman–Crippen MR) is 130 cm³/mol. The summed E-state index contributed by atoms with van der Waals surface area (Å²) in [5.41, 5.74) is 1.92. The highest BCUT2D eigenvalue weighted by Gasteiger charge is 2.51. The molecule has 3 aromatic rings. The molecule has 8 nitrogen and oxygen atoms in total. The quantitative estimate of drug-likeness (QED) is 0.551. The predicted octanol–water partition coefficient (Wildman–Crippen LogP) is 3.16. The lowest BCUT2D eigenvalue weighted by molar-refractivity contribution is -0.133. The lowest BCUT2D eigenvalue weighted by Crippen LogP contribution is -2.52. The van der Waals surface area contributed by atoms with Crippen molar-refractivity contribution < 1.29 is 32.3 Å². The number of hydrogen-bond acceptors (Lipinski definition) is 5. The molecule has 3 amide bonds. The summed E-state index contributed by atoms with van der Waals surface area (Å²) in [6.07, 6.45) is -2.23. The maximum Gasteiger partial charge on any atom is 0.406 e. The molecular formula is C27H21F3N4O4. The number of nitrogens with zero attached hydrogens (tertiary/aromatic N) is 2. The Balaban J connectivity index is 1.24. The number of alkyl halides is 3. The van der Waals surface area contributed by atoms with Gasteiger partial charge in [-0.2, -0.15) is 13.2 Å². The van der Waals surface area contributed by atoms with Gasteiger partial charge in [0.25, 0.3) is 11.8 Å². The van der Waals surface area contributed by atoms with E-state index >= 15 is 0 Å². The van der Waals surface area contributed by atoms with E-state index in [4.69, 9.17) is 4.74 Å². The minimum absolute atomic E-state index is 0.0148. The Kier molecular flexibility index (Phi) is 5.41. The molecule has 0 saturated carbocycles. The van der Waals surface area contributed by atoms with Crippen LogP contribution >= 0.6 is 0 Å². The van der Waals surface area contributed by atoms with Crippen LogP contribution < -0.4 is 20.3 Å². The lowest BCUT2D eigenvalue weighted by atomic mass is 9.79. The van der Waals surface area contributed by atoms with Crippen LogP contribution in [0.4, 0.5) is 24.7 Å². The Bertz CT molecular complexity index is 1490. The highest BCUT2D eigenvalue weighted by Crippen LogP contribution is 2.46. The van der Waals surface area contributed by atoms with Crippen molar-refractivity contribution in [2.75, 3.05) is 23.4 Å². The number of aromatic nitrogens is 1. The molecule has 3 aliphatic rings. The van der Waals surface area contributed by atoms with Gasteiger partial charge in [0, 0.05) is 17.3 Å². The number of carbonyl (C=O) groups is 3. The molecule has 3 heterocycles. The molecule has 2 N–H and O–H groups in total. The Morgan fingerprint density at radius 3 is 2.71 bits per heavy atom. The number of anilines is 2. The number of rotatable bonds is 3. The maximum absolute atomic E-state index is 13.3. The van der Waals surface area contributed by atoms with Crippen LogP contribution in [0.2, 0.25) is 0 Å². The van der Waals surface area contributed by atoms with Crippen LogP contribution in [0.15, 0.2) is 60.8 Å². The number of fused-ring (bicyclic) bond motifs is 4. The molecule has 38 heavy (non-hydrogen) atoms. The van der Waals surface area contributed by atoms with Gasteiger partial charge in [-0.1, -0.05) is 24.3 Å². The Hall–Kier alpha value is -4.41. The van der Waals surface area contributed by atoms with E-state index in [2.05, 4.69) is 15.6 Å². The van der Waals surface area contributed by atoms with Crippen LogP contribution in [-0.2, 0) is 27.8 Å². The number of ether oxygens (including phenoxy) is 1. The van der Waals surface area contributed by atoms with Crippen molar-refractivity contribution >= 4 is 29.2 Å². The van der Waals surface area contributed by atoms with Gasteiger partial charge < -0.3 is 15.4 Å². The Morgan fingerprint density at radius 1 is 1.11 bits per heavy atom. The molecule has 1 spiro atoms. The number of pyridine rings is 1. The molecule has 0 bridgehead atoms. The fourth-order valence-corrected chi connectivity index (χ4v) is 5.45. The van der Waals surface area contributed by atoms with Gasteiger partial charge in [0.15, 0.2) is 0 Å². The molecule has 0 radical (unpaired) electrons. The molecule has 0 saturated heterocycles. The first-order chi connectivity index (χ1) is 18.1. The maximum atomic E-state index is 13.3. The normalized spacial score (nSPS) is 21.8. The fraction of sp³-hybridized carbons (Fsp3) is 0.259. The van der Waals surface area contributed by atoms with Crippen molar-refractivity contribution in [3.05, 3.63) is 83.0 Å². The van der Waals surface area contributed by atoms with Crippen LogP contribution in [0.1, 0.15) is 27.0 Å². The largest absolute Gasteiger partial charge is 0.489 e. The third-order valence-corrected chi connectivity index (χ3v) is 7.21. The summed E-state index contributed by atoms with van der Waals surface area (Å²) in [5.74, 6) is -1.06. The van der Waals surface area contributed by atoms with Gasteiger partial charge in [-0.3, -0.25) is 19.3 Å². The van der Waals surface area contributed by atoms with Crippen molar-refractivity contribution in [1.82, 2.24) is 10.3 Å². The number of nitrogens with one attached hydrogen (secondary N) is 2. The average molecular weight is 522 g/mol. The first kappa shape index (κ1) is 24.0. The van der Waals surface area contributed by atoms with Crippen LogP contribution in [0, 0.1) is 0 Å². The van der Waals surface area contributed by atoms with Crippen LogP contribution in [-0.4, -0.2) is 48.1 Å². The second kappa shape index (κ2) is 8.57. The van der Waals surface area contributed by atoms with Crippen LogP contribution in [0.3, 0.4) is 0 Å². The third-order valence-electron chi connectivity index (χ3n) is 7.21. The zero-order chi connectivity index (χ0) is 26.7. The molecule has 1 aliphatic carbocycles. The van der Waals surface area contributed by atoms with Crippen molar-refractivity contribution in [3.63, 3.8) is 0 Å². The summed E-state index contributed by atoms with van der Waals surface area (Å²) in [5, 5.41) is 5.37. The fourth-order valence-electron chi connectivity index (χ4n) is 5.45. The Labute approximate surface area is 214 Å². The minimum atomic E-state index is -4.65. The van der Waals surface area contributed by atoms with E-state index in [1.807, 2.05) is 6.07 Å². The molecule has 11 heteroatoms. The van der Waals surface area contributed by atoms with Gasteiger partial charge in [0.05, 0.1) is 11.1 Å². The molecule has 1 aromatic heterocycles. The number of benzene rings is 2. The van der Waals surface area contributed by atoms with Crippen molar-refractivity contribution in [2.24, 2.45) is 0 Å². The summed E-state index contributed by atoms with van der Waals surface area (Å²) in [4.78, 5) is 44.1. The standard InChI is InChI=1S/C27H21F3N4O4/c28-27(29,30)14-34-20-5-1-2-6-21(20)38-13-19(24(34)36)32-23(35)15-7-8-16-11-26(12-17(16)10-15)18-4-3-9-31-22(18)33-25(26)37/h1-10,19H,11-14H2,(H,32,35)(H,31,33,37)/t19-,26?/m1/s1. The number of amides is 3. The van der Waals surface area contributed by atoms with Crippen molar-refractivity contribution in [1.29, 1.82) is 0 Å². The monoisotopic (exact) mass is 522 g/mol. The number of halogens is 3. The van der Waals surface area contributed by atoms with Crippen molar-refractivity contribution in [2.45, 2.75) is 30.5 Å². The van der Waals surface area contributed by atoms with Gasteiger partial charge in [0.2, 0.25) is 5.91 Å². The summed E-state index contributed by atoms with van der Waals surface area (Å²) in [6, 6.07) is 13.2. The molecule has 2 aromatic carbocycles. The molecule has 1 unspecified atom stereocenters. The van der Waals surface area contributed by atoms with E-state index in [1.165, 1.54) is 18.2 Å². The summed E-state index contributed by atoms with van der Waals surface area (Å²) < 4.78 is 45.5. The van der Waals surface area contributed by atoms with E-state index in [0.29, 0.717) is 23.6 Å². The van der Waals surface area contributed by atoms with Gasteiger partial charge in [-0.05, 0) is 54.3 Å². The molecule has 2 aliphatic heterocycles. The highest BCUT2D eigenvalue weighted by molar-refractivity contribution is 6.07. The highest BCUT2D eigenvalue weighted by atomic mass is 19.4. The molecule has 6 rings (SSSR count). The first-order valence-corrected chi connectivity index (χ1v) is 11.9. The number of para-hydroxylation sites is 2.